The molecule has 2 aromatic carbocycles. The zero-order chi connectivity index (χ0) is 24.4. The van der Waals surface area contributed by atoms with Gasteiger partial charge in [0.05, 0.1) is 35.5 Å². The van der Waals surface area contributed by atoms with Crippen LogP contribution in [0.5, 0.6) is 0 Å². The molecule has 3 heterocycles. The summed E-state index contributed by atoms with van der Waals surface area (Å²) in [5, 5.41) is 16.7. The third-order valence-electron chi connectivity index (χ3n) is 5.72. The van der Waals surface area contributed by atoms with Gasteiger partial charge in [-0.25, -0.2) is 9.37 Å². The summed E-state index contributed by atoms with van der Waals surface area (Å²) in [4.78, 5) is 10.2. The number of nitrogens with one attached hydrogen (secondary N) is 1. The molecule has 0 atom stereocenters. The number of aliphatic imine (C=N–C) groups is 1. The zero-order valence-corrected chi connectivity index (χ0v) is 18.6. The van der Waals surface area contributed by atoms with Gasteiger partial charge < -0.3 is 4.90 Å². The van der Waals surface area contributed by atoms with Gasteiger partial charge >= 0.3 is 5.71 Å². The van der Waals surface area contributed by atoms with Crippen LogP contribution in [0.2, 0.25) is 0 Å². The summed E-state index contributed by atoms with van der Waals surface area (Å²) in [6, 6.07) is 16.4. The first-order chi connectivity index (χ1) is 17.1. The molecule has 0 radical (unpaired) electrons. The van der Waals surface area contributed by atoms with E-state index in [1.807, 2.05) is 30.3 Å². The number of halogens is 1. The van der Waals surface area contributed by atoms with Gasteiger partial charge in [-0.2, -0.15) is 10.4 Å². The molecule has 2 aromatic heterocycles. The van der Waals surface area contributed by atoms with Gasteiger partial charge in [-0.1, -0.05) is 23.4 Å². The average Bonchev–Trinajstić information content (AvgIpc) is 3.54. The van der Waals surface area contributed by atoms with Crippen LogP contribution in [0.1, 0.15) is 16.7 Å². The maximum absolute atomic E-state index is 15.3. The van der Waals surface area contributed by atoms with E-state index in [9.17, 15) is 0 Å². The summed E-state index contributed by atoms with van der Waals surface area (Å²) in [7, 11) is 0. The smallest absolute Gasteiger partial charge is 0.300 e. The summed E-state index contributed by atoms with van der Waals surface area (Å²) >= 11 is 0. The van der Waals surface area contributed by atoms with E-state index < -0.39 is 5.82 Å². The van der Waals surface area contributed by atoms with E-state index in [-0.39, 0.29) is 5.69 Å². The number of hydrogen-bond donors (Lipinski definition) is 1. The molecule has 0 saturated heterocycles. The highest BCUT2D eigenvalue weighted by Gasteiger charge is 2.26. The lowest BCUT2D eigenvalue weighted by Gasteiger charge is -2.22. The lowest BCUT2D eigenvalue weighted by molar-refractivity contribution is 0.630. The summed E-state index contributed by atoms with van der Waals surface area (Å²) in [6.45, 7) is 7.47. The number of pyridine rings is 1. The number of aromatic nitrogens is 3. The van der Waals surface area contributed by atoms with Crippen molar-refractivity contribution in [2.75, 3.05) is 4.90 Å². The van der Waals surface area contributed by atoms with Crippen molar-refractivity contribution in [2.45, 2.75) is 6.42 Å². The second-order valence-electron chi connectivity index (χ2n) is 7.80. The Morgan fingerprint density at radius 1 is 1.20 bits per heavy atom. The largest absolute Gasteiger partial charge is 0.316 e. The fourth-order valence-corrected chi connectivity index (χ4v) is 4.01. The predicted molar refractivity (Wildman–Crippen MR) is 138 cm³/mol. The van der Waals surface area contributed by atoms with Gasteiger partial charge in [0.1, 0.15) is 11.5 Å². The number of nitrogens with zero attached hydrogens (tertiary/aromatic N) is 6. The van der Waals surface area contributed by atoms with E-state index in [0.29, 0.717) is 34.7 Å². The van der Waals surface area contributed by atoms with Crippen molar-refractivity contribution in [1.82, 2.24) is 19.8 Å². The van der Waals surface area contributed by atoms with Gasteiger partial charge in [-0.05, 0) is 54.2 Å². The lowest BCUT2D eigenvalue weighted by Crippen LogP contribution is -2.12. The highest BCUT2D eigenvalue weighted by Crippen LogP contribution is 2.38. The third-order valence-corrected chi connectivity index (χ3v) is 5.72. The molecule has 0 bridgehead atoms. The molecule has 0 amide bonds. The second-order valence-corrected chi connectivity index (χ2v) is 7.80. The van der Waals surface area contributed by atoms with Crippen molar-refractivity contribution >= 4 is 52.4 Å². The molecule has 35 heavy (non-hydrogen) atoms. The van der Waals surface area contributed by atoms with Crippen LogP contribution in [0.3, 0.4) is 0 Å². The first-order valence-electron chi connectivity index (χ1n) is 10.7. The molecule has 0 aliphatic carbocycles. The Bertz CT molecular complexity index is 1610. The molecule has 7 nitrogen and oxygen atoms in total. The molecule has 1 aliphatic rings. The van der Waals surface area contributed by atoms with E-state index >= 15 is 4.39 Å². The molecular weight excluding hydrogens is 441 g/mol. The number of hydrogen-bond acceptors (Lipinski definition) is 5. The standard InChI is InChI=1S/C27H19FN7/c1-3-35(25-9-8-19-16-32-34-27(19)33-25)24-14-20(13-22(28)26(24)30-2)21-10-11-31-23(21)12-17-4-6-18(15-29)7-5-17/h3-11,13-14,16H,1-2,12H2,(H,32,33,34)/q+1. The van der Waals surface area contributed by atoms with Crippen molar-refractivity contribution in [1.29, 1.82) is 5.26 Å². The van der Waals surface area contributed by atoms with Crippen LogP contribution < -0.4 is 9.57 Å². The van der Waals surface area contributed by atoms with Gasteiger partial charge in [-0.15, -0.1) is 0 Å². The number of nitriles is 1. The maximum atomic E-state index is 15.3. The van der Waals surface area contributed by atoms with Crippen LogP contribution in [0.4, 0.5) is 21.6 Å². The average molecular weight is 460 g/mol. The van der Waals surface area contributed by atoms with Crippen molar-refractivity contribution in [3.8, 4) is 6.07 Å². The molecule has 1 N–H and O–H groups in total. The van der Waals surface area contributed by atoms with Gasteiger partial charge in [0.15, 0.2) is 11.5 Å². The topological polar surface area (TPSA) is 95.1 Å². The molecule has 168 valence electrons. The predicted octanol–water partition coefficient (Wildman–Crippen LogP) is 4.80. The van der Waals surface area contributed by atoms with Crippen LogP contribution in [0.25, 0.3) is 16.6 Å². The van der Waals surface area contributed by atoms with E-state index in [4.69, 9.17) is 5.26 Å². The molecule has 0 spiro atoms. The minimum atomic E-state index is -0.521. The van der Waals surface area contributed by atoms with Crippen LogP contribution in [-0.2, 0) is 6.42 Å². The fourth-order valence-electron chi connectivity index (χ4n) is 4.01. The van der Waals surface area contributed by atoms with Crippen LogP contribution >= 0.6 is 0 Å². The first-order valence-corrected chi connectivity index (χ1v) is 10.7. The molecule has 1 aliphatic heterocycles. The van der Waals surface area contributed by atoms with Gasteiger partial charge in [-0.3, -0.25) is 10.1 Å². The van der Waals surface area contributed by atoms with Crippen LogP contribution in [0.15, 0.2) is 78.6 Å². The molecule has 0 fully saturated rings. The van der Waals surface area contributed by atoms with Gasteiger partial charge in [0, 0.05) is 17.7 Å². The van der Waals surface area contributed by atoms with Crippen molar-refractivity contribution < 1.29 is 4.39 Å². The van der Waals surface area contributed by atoms with E-state index in [1.54, 1.807) is 41.7 Å². The van der Waals surface area contributed by atoms with E-state index in [0.717, 1.165) is 22.2 Å². The number of allylic oxidation sites excluding steroid dienone is 2. The summed E-state index contributed by atoms with van der Waals surface area (Å²) in [5.41, 5.74) is 4.96. The maximum Gasteiger partial charge on any atom is 0.316 e. The molecule has 8 heteroatoms. The van der Waals surface area contributed by atoms with Crippen molar-refractivity contribution in [3.63, 3.8) is 0 Å². The second kappa shape index (κ2) is 9.02. The monoisotopic (exact) mass is 460 g/mol. The highest BCUT2D eigenvalue weighted by atomic mass is 19.1. The Morgan fingerprint density at radius 2 is 2.03 bits per heavy atom. The Labute approximate surface area is 200 Å². The quantitative estimate of drug-likeness (QED) is 0.317. The Kier molecular flexibility index (Phi) is 5.60. The SMILES string of the molecule is C=CN(c1ccc2cn[nH]c2n1)c1cc(C2=CC=[N+]=C2Cc2ccc(C#N)cc2)cc(F)c1N=C. The van der Waals surface area contributed by atoms with E-state index in [1.165, 1.54) is 6.07 Å². The molecule has 0 unspecified atom stereocenters. The number of benzene rings is 2. The molecule has 4 aromatic rings. The lowest BCUT2D eigenvalue weighted by atomic mass is 9.95. The van der Waals surface area contributed by atoms with Gasteiger partial charge in [0.2, 0.25) is 0 Å². The number of fused-ring (bicyclic) bond motifs is 1. The van der Waals surface area contributed by atoms with E-state index in [2.05, 4.69) is 44.2 Å². The van der Waals surface area contributed by atoms with Crippen LogP contribution in [-0.4, -0.2) is 33.8 Å². The summed E-state index contributed by atoms with van der Waals surface area (Å²) in [5.74, 6) is 0.00382. The minimum absolute atomic E-state index is 0.0910. The van der Waals surface area contributed by atoms with Gasteiger partial charge in [0.25, 0.3) is 6.21 Å². The Hall–Kier alpha value is -5.12. The highest BCUT2D eigenvalue weighted by molar-refractivity contribution is 6.29. The first kappa shape index (κ1) is 21.7. The number of rotatable bonds is 7. The Balaban J connectivity index is 1.53. The number of H-pyrrole nitrogens is 1. The zero-order valence-electron chi connectivity index (χ0n) is 18.6. The summed E-state index contributed by atoms with van der Waals surface area (Å²) < 4.78 is 19.8. The third kappa shape index (κ3) is 4.04. The normalized spacial score (nSPS) is 12.2. The fraction of sp³-hybridized carbons (Fsp3) is 0.0370. The number of aromatic amines is 1. The summed E-state index contributed by atoms with van der Waals surface area (Å²) in [6.07, 6.45) is 7.32. The van der Waals surface area contributed by atoms with Crippen molar-refractivity contribution in [2.24, 2.45) is 4.99 Å². The molecule has 0 saturated carbocycles. The Morgan fingerprint density at radius 3 is 2.77 bits per heavy atom. The minimum Gasteiger partial charge on any atom is -0.300 e. The number of anilines is 2. The van der Waals surface area contributed by atoms with Crippen LogP contribution in [0, 0.1) is 17.1 Å². The van der Waals surface area contributed by atoms with Crippen molar-refractivity contribution in [3.05, 3.63) is 96.1 Å². The molecule has 5 rings (SSSR count). The molecular formula is C27H19FN7+.